The summed E-state index contributed by atoms with van der Waals surface area (Å²) in [6.07, 6.45) is 0.995. The molecule has 0 aromatic heterocycles. The van der Waals surface area contributed by atoms with E-state index in [4.69, 9.17) is 9.84 Å². The molecule has 6 heteroatoms. The second-order valence-electron chi connectivity index (χ2n) is 2.61. The lowest BCUT2D eigenvalue weighted by molar-refractivity contribution is -0.143. The summed E-state index contributed by atoms with van der Waals surface area (Å²) in [4.78, 5) is 10.8. The summed E-state index contributed by atoms with van der Waals surface area (Å²) in [7, 11) is 0. The molecule has 1 aliphatic rings. The standard InChI is InChI=1S/C7H13NO3.I2/c9-2-1-3-11-7(10)4-6-5-8-6;1-2/h6,8-9H,1-5H2;. The Morgan fingerprint density at radius 3 is 2.69 bits per heavy atom. The molecule has 1 unspecified atom stereocenters. The number of ether oxygens (including phenoxy) is 1. The number of esters is 1. The van der Waals surface area contributed by atoms with Gasteiger partial charge in [0.1, 0.15) is 0 Å². The van der Waals surface area contributed by atoms with Crippen molar-refractivity contribution in [3.63, 3.8) is 0 Å². The Bertz CT molecular complexity index is 142. The number of carbonyl (C=O) groups is 1. The first-order chi connectivity index (χ1) is 6.33. The van der Waals surface area contributed by atoms with E-state index in [2.05, 4.69) is 42.5 Å². The number of carbonyl (C=O) groups excluding carboxylic acids is 1. The Kier molecular flexibility index (Phi) is 10.0. The Hall–Kier alpha value is 0.850. The normalized spacial score (nSPS) is 18.5. The quantitative estimate of drug-likeness (QED) is 0.306. The van der Waals surface area contributed by atoms with E-state index >= 15 is 0 Å². The van der Waals surface area contributed by atoms with Crippen molar-refractivity contribution >= 4 is 43.2 Å². The first-order valence-corrected chi connectivity index (χ1v) is 10.3. The molecule has 0 bridgehead atoms. The molecule has 1 aliphatic heterocycles. The summed E-state index contributed by atoms with van der Waals surface area (Å²) in [5.41, 5.74) is 0. The van der Waals surface area contributed by atoms with E-state index in [1.807, 2.05) is 0 Å². The third-order valence-electron chi connectivity index (χ3n) is 1.47. The summed E-state index contributed by atoms with van der Waals surface area (Å²) >= 11 is 4.24. The van der Waals surface area contributed by atoms with Gasteiger partial charge in [0.25, 0.3) is 0 Å². The maximum Gasteiger partial charge on any atom is 0.307 e. The summed E-state index contributed by atoms with van der Waals surface area (Å²) in [6, 6.07) is 0.344. The Morgan fingerprint density at radius 1 is 1.62 bits per heavy atom. The van der Waals surface area contributed by atoms with E-state index < -0.39 is 0 Å². The van der Waals surface area contributed by atoms with Gasteiger partial charge in [-0.05, 0) is 0 Å². The molecule has 0 spiro atoms. The van der Waals surface area contributed by atoms with Crippen LogP contribution in [0.25, 0.3) is 0 Å². The van der Waals surface area contributed by atoms with Crippen LogP contribution in [0.15, 0.2) is 0 Å². The maximum absolute atomic E-state index is 10.8. The van der Waals surface area contributed by atoms with Gasteiger partial charge in [-0.15, -0.1) is 0 Å². The maximum atomic E-state index is 10.8. The number of rotatable bonds is 5. The van der Waals surface area contributed by atoms with Gasteiger partial charge >= 0.3 is 5.97 Å². The topological polar surface area (TPSA) is 68.5 Å². The average Bonchev–Trinajstić information content (AvgIpc) is 2.92. The van der Waals surface area contributed by atoms with E-state index in [0.29, 0.717) is 25.5 Å². The summed E-state index contributed by atoms with van der Waals surface area (Å²) < 4.78 is 4.79. The van der Waals surface area contributed by atoms with Crippen molar-refractivity contribution in [3.8, 4) is 0 Å². The molecule has 0 saturated carbocycles. The van der Waals surface area contributed by atoms with Crippen LogP contribution < -0.4 is 5.32 Å². The third kappa shape index (κ3) is 9.16. The van der Waals surface area contributed by atoms with Crippen LogP contribution in [0.4, 0.5) is 0 Å². The predicted molar refractivity (Wildman–Crippen MR) is 67.1 cm³/mol. The van der Waals surface area contributed by atoms with Gasteiger partial charge in [-0.25, -0.2) is 0 Å². The van der Waals surface area contributed by atoms with Crippen molar-refractivity contribution < 1.29 is 14.6 Å². The predicted octanol–water partition coefficient (Wildman–Crippen LogP) is 1.05. The van der Waals surface area contributed by atoms with Crippen LogP contribution in [-0.4, -0.2) is 36.9 Å². The Morgan fingerprint density at radius 2 is 2.23 bits per heavy atom. The largest absolute Gasteiger partial charge is 0.466 e. The molecule has 0 aromatic rings. The van der Waals surface area contributed by atoms with Crippen LogP contribution in [0.2, 0.25) is 0 Å². The average molecular weight is 413 g/mol. The van der Waals surface area contributed by atoms with Crippen LogP contribution in [0, 0.1) is 0 Å². The highest BCUT2D eigenvalue weighted by Crippen LogP contribution is 2.03. The minimum atomic E-state index is -0.173. The minimum absolute atomic E-state index is 0.0783. The number of hydrogen-bond acceptors (Lipinski definition) is 4. The van der Waals surface area contributed by atoms with Gasteiger partial charge < -0.3 is 15.2 Å². The lowest BCUT2D eigenvalue weighted by atomic mass is 10.3. The van der Waals surface area contributed by atoms with E-state index in [1.54, 1.807) is 0 Å². The molecule has 0 aromatic carbocycles. The van der Waals surface area contributed by atoms with Crippen LogP contribution in [0.3, 0.4) is 0 Å². The molecule has 1 atom stereocenters. The van der Waals surface area contributed by atoms with Crippen molar-refractivity contribution in [2.24, 2.45) is 0 Å². The fourth-order valence-corrected chi connectivity index (χ4v) is 0.738. The summed E-state index contributed by atoms with van der Waals surface area (Å²) in [5, 5.41) is 11.4. The molecule has 1 rings (SSSR count). The van der Waals surface area contributed by atoms with Crippen molar-refractivity contribution in [1.29, 1.82) is 0 Å². The summed E-state index contributed by atoms with van der Waals surface area (Å²) in [6.45, 7) is 1.34. The monoisotopic (exact) mass is 413 g/mol. The van der Waals surface area contributed by atoms with Crippen molar-refractivity contribution in [3.05, 3.63) is 0 Å². The zero-order valence-corrected chi connectivity index (χ0v) is 11.4. The molecular formula is C7H13I2NO3. The molecule has 78 valence electrons. The minimum Gasteiger partial charge on any atom is -0.466 e. The van der Waals surface area contributed by atoms with Crippen molar-refractivity contribution in [1.82, 2.24) is 5.32 Å². The van der Waals surface area contributed by atoms with E-state index in [9.17, 15) is 4.79 Å². The van der Waals surface area contributed by atoms with Crippen molar-refractivity contribution in [2.45, 2.75) is 18.9 Å². The molecule has 0 amide bonds. The highest BCUT2D eigenvalue weighted by Gasteiger charge is 2.23. The highest BCUT2D eigenvalue weighted by atomic mass is 128. The number of hydrogen-bond donors (Lipinski definition) is 2. The summed E-state index contributed by atoms with van der Waals surface area (Å²) in [5.74, 6) is -0.173. The van der Waals surface area contributed by atoms with Gasteiger partial charge in [-0.3, -0.25) is 4.79 Å². The number of aliphatic hydroxyl groups excluding tert-OH is 1. The molecule has 1 saturated heterocycles. The molecule has 1 fully saturated rings. The highest BCUT2D eigenvalue weighted by molar-refractivity contribution is 15.0. The van der Waals surface area contributed by atoms with Crippen molar-refractivity contribution in [2.75, 3.05) is 19.8 Å². The van der Waals surface area contributed by atoms with Crippen LogP contribution in [-0.2, 0) is 9.53 Å². The van der Waals surface area contributed by atoms with Gasteiger partial charge in [0, 0.05) is 62.8 Å². The molecule has 1 heterocycles. The molecule has 0 radical (unpaired) electrons. The van der Waals surface area contributed by atoms with Gasteiger partial charge in [-0.2, -0.15) is 0 Å². The lowest BCUT2D eigenvalue weighted by Gasteiger charge is -2.00. The fraction of sp³-hybridized carbons (Fsp3) is 0.857. The zero-order chi connectivity index (χ0) is 10.1. The zero-order valence-electron chi connectivity index (χ0n) is 7.13. The van der Waals surface area contributed by atoms with Gasteiger partial charge in [-0.1, -0.05) is 0 Å². The van der Waals surface area contributed by atoms with E-state index in [-0.39, 0.29) is 12.6 Å². The molecule has 4 nitrogen and oxygen atoms in total. The lowest BCUT2D eigenvalue weighted by Crippen LogP contribution is -2.10. The SMILES string of the molecule is II.O=C(CC1CN1)OCCCO. The van der Waals surface area contributed by atoms with E-state index in [0.717, 1.165) is 6.54 Å². The van der Waals surface area contributed by atoms with E-state index in [1.165, 1.54) is 0 Å². The van der Waals surface area contributed by atoms with Crippen LogP contribution in [0.1, 0.15) is 12.8 Å². The number of halogens is 2. The Labute approximate surface area is 101 Å². The Balaban J connectivity index is 0.000000671. The van der Waals surface area contributed by atoms with Crippen LogP contribution >= 0.6 is 37.2 Å². The van der Waals surface area contributed by atoms with Gasteiger partial charge in [0.05, 0.1) is 13.0 Å². The second kappa shape index (κ2) is 9.41. The van der Waals surface area contributed by atoms with Crippen LogP contribution in [0.5, 0.6) is 0 Å². The third-order valence-corrected chi connectivity index (χ3v) is 1.47. The molecule has 2 N–H and O–H groups in total. The fourth-order valence-electron chi connectivity index (χ4n) is 0.738. The van der Waals surface area contributed by atoms with Gasteiger partial charge in [0.2, 0.25) is 0 Å². The second-order valence-corrected chi connectivity index (χ2v) is 2.61. The molecule has 13 heavy (non-hydrogen) atoms. The molecule has 0 aliphatic carbocycles. The first kappa shape index (κ1) is 13.8. The number of aliphatic hydroxyl groups is 1. The van der Waals surface area contributed by atoms with Gasteiger partial charge in [0.15, 0.2) is 0 Å². The smallest absolute Gasteiger partial charge is 0.307 e. The molecular weight excluding hydrogens is 400 g/mol. The first-order valence-electron chi connectivity index (χ1n) is 3.97. The number of nitrogens with one attached hydrogen (secondary N) is 1.